The Morgan fingerprint density at radius 3 is 2.38 bits per heavy atom. The summed E-state index contributed by atoms with van der Waals surface area (Å²) < 4.78 is 0. The number of hydrogen-bond donors (Lipinski definition) is 4. The summed E-state index contributed by atoms with van der Waals surface area (Å²) >= 11 is 6.05. The number of carbonyl (C=O) groups is 5. The lowest BCUT2D eigenvalue weighted by molar-refractivity contribution is -0.310. The van der Waals surface area contributed by atoms with Crippen molar-refractivity contribution in [2.24, 2.45) is 0 Å². The first kappa shape index (κ1) is 28.0. The van der Waals surface area contributed by atoms with Crippen LogP contribution >= 0.6 is 11.6 Å². The summed E-state index contributed by atoms with van der Waals surface area (Å²) in [4.78, 5) is 64.1. The lowest BCUT2D eigenvalue weighted by atomic mass is 9.80. The predicted octanol–water partition coefficient (Wildman–Crippen LogP) is -0.548. The SMILES string of the molecule is CC(=O)N[C@@H](Cc1c[nH]c2cc(Cl)ccc12)C(=O)NC1(C(=O)N[C@@H](CCC(=O)[O-])C(=O)[O-])CCCCC1. The molecule has 0 radical (unpaired) electrons. The van der Waals surface area contributed by atoms with Crippen molar-refractivity contribution in [3.63, 3.8) is 0 Å². The van der Waals surface area contributed by atoms with Crippen LogP contribution in [0.1, 0.15) is 57.4 Å². The molecular weight excluding hydrogens is 504 g/mol. The molecule has 200 valence electrons. The second kappa shape index (κ2) is 12.1. The predicted molar refractivity (Wildman–Crippen MR) is 130 cm³/mol. The molecule has 1 aromatic carbocycles. The van der Waals surface area contributed by atoms with Gasteiger partial charge in [-0.1, -0.05) is 36.9 Å². The van der Waals surface area contributed by atoms with Gasteiger partial charge in [-0.25, -0.2) is 0 Å². The molecule has 4 N–H and O–H groups in total. The van der Waals surface area contributed by atoms with Crippen molar-refractivity contribution >= 4 is 52.2 Å². The minimum Gasteiger partial charge on any atom is -0.550 e. The highest BCUT2D eigenvalue weighted by Crippen LogP contribution is 2.29. The first-order valence-electron chi connectivity index (χ1n) is 12.1. The zero-order valence-corrected chi connectivity index (χ0v) is 21.1. The monoisotopic (exact) mass is 532 g/mol. The minimum absolute atomic E-state index is 0.123. The summed E-state index contributed by atoms with van der Waals surface area (Å²) in [6, 6.07) is 2.67. The topological polar surface area (TPSA) is 183 Å². The Labute approximate surface area is 218 Å². The van der Waals surface area contributed by atoms with Gasteiger partial charge in [0, 0.05) is 41.4 Å². The lowest BCUT2D eigenvalue weighted by Crippen LogP contribution is -2.65. The Balaban J connectivity index is 1.82. The zero-order valence-electron chi connectivity index (χ0n) is 20.4. The molecule has 37 heavy (non-hydrogen) atoms. The highest BCUT2D eigenvalue weighted by molar-refractivity contribution is 6.31. The van der Waals surface area contributed by atoms with Crippen LogP contribution in [0.5, 0.6) is 0 Å². The van der Waals surface area contributed by atoms with Crippen LogP contribution in [-0.4, -0.2) is 52.3 Å². The number of amides is 3. The van der Waals surface area contributed by atoms with E-state index in [0.29, 0.717) is 17.9 Å². The maximum atomic E-state index is 13.5. The van der Waals surface area contributed by atoms with Crippen LogP contribution in [0.25, 0.3) is 10.9 Å². The van der Waals surface area contributed by atoms with Crippen molar-refractivity contribution < 1.29 is 34.2 Å². The molecule has 0 bridgehead atoms. The van der Waals surface area contributed by atoms with Gasteiger partial charge in [0.1, 0.15) is 11.6 Å². The molecule has 2 atom stereocenters. The van der Waals surface area contributed by atoms with Gasteiger partial charge in [0.25, 0.3) is 0 Å². The Morgan fingerprint density at radius 2 is 1.76 bits per heavy atom. The van der Waals surface area contributed by atoms with Crippen molar-refractivity contribution in [1.29, 1.82) is 0 Å². The summed E-state index contributed by atoms with van der Waals surface area (Å²) in [6.45, 7) is 1.28. The van der Waals surface area contributed by atoms with E-state index in [9.17, 15) is 34.2 Å². The maximum absolute atomic E-state index is 13.5. The molecule has 1 fully saturated rings. The number of H-pyrrole nitrogens is 1. The third-order valence-corrected chi connectivity index (χ3v) is 6.81. The number of aliphatic carboxylic acids is 2. The standard InChI is InChI=1S/C25H31ClN4O7/c1-14(31)28-20(11-15-13-27-19-12-16(26)5-6-17(15)19)22(34)30-25(9-3-2-4-10-25)24(37)29-18(23(35)36)7-8-21(32)33/h5-6,12-13,18,20,27H,2-4,7-11H2,1H3,(H,28,31)(H,29,37)(H,30,34)(H,32,33)(H,35,36)/p-2/t18-,20-/m0/s1. The van der Waals surface area contributed by atoms with E-state index in [1.54, 1.807) is 24.4 Å². The summed E-state index contributed by atoms with van der Waals surface area (Å²) in [5, 5.41) is 31.4. The number of aromatic amines is 1. The third kappa shape index (κ3) is 7.22. The van der Waals surface area contributed by atoms with Crippen LogP contribution in [0.3, 0.4) is 0 Å². The molecule has 3 rings (SSSR count). The molecule has 0 aliphatic heterocycles. The van der Waals surface area contributed by atoms with E-state index in [-0.39, 0.29) is 19.3 Å². The van der Waals surface area contributed by atoms with Gasteiger partial charge in [0.2, 0.25) is 17.7 Å². The normalized spacial score (nSPS) is 16.4. The number of halogens is 1. The highest BCUT2D eigenvalue weighted by Gasteiger charge is 2.43. The van der Waals surface area contributed by atoms with Crippen LogP contribution in [0.15, 0.2) is 24.4 Å². The molecule has 0 saturated heterocycles. The smallest absolute Gasteiger partial charge is 0.246 e. The lowest BCUT2D eigenvalue weighted by Gasteiger charge is -2.39. The molecule has 1 aromatic heterocycles. The number of nitrogens with one attached hydrogen (secondary N) is 4. The largest absolute Gasteiger partial charge is 0.550 e. The van der Waals surface area contributed by atoms with Gasteiger partial charge >= 0.3 is 0 Å². The summed E-state index contributed by atoms with van der Waals surface area (Å²) in [7, 11) is 0. The number of rotatable bonds is 11. The zero-order chi connectivity index (χ0) is 27.2. The highest BCUT2D eigenvalue weighted by atomic mass is 35.5. The van der Waals surface area contributed by atoms with E-state index in [2.05, 4.69) is 20.9 Å². The van der Waals surface area contributed by atoms with Gasteiger partial charge in [-0.2, -0.15) is 0 Å². The Hall–Kier alpha value is -3.60. The van der Waals surface area contributed by atoms with Crippen LogP contribution in [-0.2, 0) is 30.4 Å². The van der Waals surface area contributed by atoms with Crippen molar-refractivity contribution in [2.45, 2.75) is 75.9 Å². The number of carboxylic acids is 2. The van der Waals surface area contributed by atoms with E-state index in [4.69, 9.17) is 11.6 Å². The maximum Gasteiger partial charge on any atom is 0.246 e. The second-order valence-electron chi connectivity index (χ2n) is 9.35. The fourth-order valence-corrected chi connectivity index (χ4v) is 4.87. The molecule has 12 heteroatoms. The minimum atomic E-state index is -1.64. The number of carboxylic acid groups (broad SMARTS) is 2. The Morgan fingerprint density at radius 1 is 1.05 bits per heavy atom. The second-order valence-corrected chi connectivity index (χ2v) is 9.79. The van der Waals surface area contributed by atoms with E-state index >= 15 is 0 Å². The molecule has 3 amide bonds. The number of fused-ring (bicyclic) bond motifs is 1. The van der Waals surface area contributed by atoms with Crippen LogP contribution in [0.2, 0.25) is 5.02 Å². The van der Waals surface area contributed by atoms with Gasteiger partial charge in [0.15, 0.2) is 0 Å². The van der Waals surface area contributed by atoms with Crippen molar-refractivity contribution in [3.05, 3.63) is 35.0 Å². The summed E-state index contributed by atoms with van der Waals surface area (Å²) in [6.07, 6.45) is 3.39. The van der Waals surface area contributed by atoms with Crippen molar-refractivity contribution in [1.82, 2.24) is 20.9 Å². The molecule has 11 nitrogen and oxygen atoms in total. The first-order chi connectivity index (χ1) is 17.5. The molecule has 1 aliphatic carbocycles. The first-order valence-corrected chi connectivity index (χ1v) is 12.4. The van der Waals surface area contributed by atoms with E-state index in [0.717, 1.165) is 22.9 Å². The van der Waals surface area contributed by atoms with E-state index in [1.165, 1.54) is 6.92 Å². The van der Waals surface area contributed by atoms with Gasteiger partial charge in [-0.05, 0) is 43.4 Å². The fraction of sp³-hybridized carbons (Fsp3) is 0.480. The Bertz CT molecular complexity index is 1190. The summed E-state index contributed by atoms with van der Waals surface area (Å²) in [5.41, 5.74) is 0.0918. The third-order valence-electron chi connectivity index (χ3n) is 6.58. The van der Waals surface area contributed by atoms with E-state index < -0.39 is 60.1 Å². The molecular formula is C25H29ClN4O7-2. The molecule has 0 unspecified atom stereocenters. The average Bonchev–Trinajstić information content (AvgIpc) is 3.22. The van der Waals surface area contributed by atoms with Crippen molar-refractivity contribution in [2.75, 3.05) is 0 Å². The number of carbonyl (C=O) groups excluding carboxylic acids is 5. The fourth-order valence-electron chi connectivity index (χ4n) is 4.70. The van der Waals surface area contributed by atoms with Gasteiger partial charge in [-0.3, -0.25) is 14.4 Å². The molecule has 1 heterocycles. The molecule has 0 spiro atoms. The molecule has 1 saturated carbocycles. The van der Waals surface area contributed by atoms with Crippen LogP contribution < -0.4 is 26.2 Å². The molecule has 1 aliphatic rings. The van der Waals surface area contributed by atoms with Gasteiger partial charge in [0.05, 0.1) is 12.0 Å². The summed E-state index contributed by atoms with van der Waals surface area (Å²) in [5.74, 6) is -4.88. The molecule has 2 aromatic rings. The number of aromatic nitrogens is 1. The van der Waals surface area contributed by atoms with Crippen molar-refractivity contribution in [3.8, 4) is 0 Å². The van der Waals surface area contributed by atoms with Crippen LogP contribution in [0.4, 0.5) is 0 Å². The Kier molecular flexibility index (Phi) is 9.14. The van der Waals surface area contributed by atoms with Gasteiger partial charge in [-0.15, -0.1) is 0 Å². The number of benzene rings is 1. The van der Waals surface area contributed by atoms with Crippen LogP contribution in [0, 0.1) is 0 Å². The average molecular weight is 533 g/mol. The number of hydrogen-bond acceptors (Lipinski definition) is 7. The quantitative estimate of drug-likeness (QED) is 0.299. The van der Waals surface area contributed by atoms with Gasteiger partial charge < -0.3 is 40.7 Å². The van der Waals surface area contributed by atoms with E-state index in [1.807, 2.05) is 0 Å².